The Hall–Kier alpha value is -4.39. The summed E-state index contributed by atoms with van der Waals surface area (Å²) in [5, 5.41) is 4.73. The van der Waals surface area contributed by atoms with Gasteiger partial charge in [0.05, 0.1) is 18.5 Å². The molecule has 36 heavy (non-hydrogen) atoms. The topological polar surface area (TPSA) is 67.7 Å². The van der Waals surface area contributed by atoms with E-state index in [4.69, 9.17) is 9.84 Å². The average Bonchev–Trinajstić information content (AvgIpc) is 3.39. The Morgan fingerprint density at radius 3 is 2.08 bits per heavy atom. The second-order valence-corrected chi connectivity index (χ2v) is 8.77. The fraction of sp³-hybridized carbons (Fsp3) is 0.207. The van der Waals surface area contributed by atoms with Gasteiger partial charge in [-0.1, -0.05) is 18.2 Å². The van der Waals surface area contributed by atoms with Crippen molar-refractivity contribution in [3.8, 4) is 22.7 Å². The van der Waals surface area contributed by atoms with E-state index >= 15 is 0 Å². The van der Waals surface area contributed by atoms with Gasteiger partial charge in [-0.2, -0.15) is 5.10 Å². The summed E-state index contributed by atoms with van der Waals surface area (Å²) >= 11 is 0. The summed E-state index contributed by atoms with van der Waals surface area (Å²) in [6.07, 6.45) is 0. The summed E-state index contributed by atoms with van der Waals surface area (Å²) in [4.78, 5) is 29.1. The lowest BCUT2D eigenvalue weighted by molar-refractivity contribution is 0.0740. The van der Waals surface area contributed by atoms with Crippen LogP contribution >= 0.6 is 0 Å². The molecule has 5 rings (SSSR count). The van der Waals surface area contributed by atoms with Crippen LogP contribution in [0, 0.1) is 0 Å². The van der Waals surface area contributed by atoms with Gasteiger partial charge in [0, 0.05) is 43.0 Å². The third-order valence-electron chi connectivity index (χ3n) is 6.52. The zero-order valence-corrected chi connectivity index (χ0v) is 20.4. The monoisotopic (exact) mass is 480 g/mol. The predicted molar refractivity (Wildman–Crippen MR) is 140 cm³/mol. The minimum atomic E-state index is -0.0778. The molecule has 1 aliphatic heterocycles. The van der Waals surface area contributed by atoms with Gasteiger partial charge >= 0.3 is 0 Å². The first-order chi connectivity index (χ1) is 17.5. The highest BCUT2D eigenvalue weighted by atomic mass is 16.5. The number of hydrogen-bond acceptors (Lipinski definition) is 5. The number of piperazine rings is 1. The molecule has 1 amide bonds. The molecule has 0 radical (unpaired) electrons. The summed E-state index contributed by atoms with van der Waals surface area (Å²) < 4.78 is 7.12. The lowest BCUT2D eigenvalue weighted by Gasteiger charge is -2.35. The summed E-state index contributed by atoms with van der Waals surface area (Å²) in [6, 6.07) is 27.1. The Balaban J connectivity index is 1.36. The summed E-state index contributed by atoms with van der Waals surface area (Å²) in [7, 11) is 1.64. The Morgan fingerprint density at radius 2 is 1.47 bits per heavy atom. The Labute approximate surface area is 210 Å². The van der Waals surface area contributed by atoms with Crippen LogP contribution in [0.3, 0.4) is 0 Å². The minimum absolute atomic E-state index is 0.0564. The number of carbonyl (C=O) groups is 2. The van der Waals surface area contributed by atoms with Crippen molar-refractivity contribution < 1.29 is 14.3 Å². The highest BCUT2D eigenvalue weighted by molar-refractivity contribution is 5.95. The van der Waals surface area contributed by atoms with Gasteiger partial charge in [0.25, 0.3) is 5.91 Å². The lowest BCUT2D eigenvalue weighted by atomic mass is 10.1. The first-order valence-electron chi connectivity index (χ1n) is 12.0. The molecule has 0 unspecified atom stereocenters. The van der Waals surface area contributed by atoms with E-state index < -0.39 is 0 Å². The number of hydrogen-bond donors (Lipinski definition) is 0. The molecule has 1 fully saturated rings. The molecule has 3 aromatic carbocycles. The molecule has 1 saturated heterocycles. The molecule has 7 nitrogen and oxygen atoms in total. The Kier molecular flexibility index (Phi) is 6.54. The lowest BCUT2D eigenvalue weighted by Crippen LogP contribution is -2.48. The number of ketones is 1. The van der Waals surface area contributed by atoms with Crippen LogP contribution < -0.4 is 9.64 Å². The number of amides is 1. The first kappa shape index (κ1) is 23.4. The second-order valence-electron chi connectivity index (χ2n) is 8.77. The van der Waals surface area contributed by atoms with Gasteiger partial charge in [0.1, 0.15) is 5.75 Å². The number of aromatic nitrogens is 2. The Morgan fingerprint density at radius 1 is 0.806 bits per heavy atom. The molecule has 1 aliphatic rings. The fourth-order valence-electron chi connectivity index (χ4n) is 4.46. The van der Waals surface area contributed by atoms with Crippen LogP contribution in [0.15, 0.2) is 84.9 Å². The molecule has 0 N–H and O–H groups in total. The van der Waals surface area contributed by atoms with Crippen LogP contribution in [0.5, 0.6) is 5.75 Å². The van der Waals surface area contributed by atoms with Gasteiger partial charge in [0.2, 0.25) is 0 Å². The molecule has 4 aromatic rings. The number of anilines is 1. The van der Waals surface area contributed by atoms with Crippen molar-refractivity contribution in [2.24, 2.45) is 0 Å². The van der Waals surface area contributed by atoms with Crippen molar-refractivity contribution in [2.75, 3.05) is 38.2 Å². The first-order valence-corrected chi connectivity index (χ1v) is 12.0. The van der Waals surface area contributed by atoms with E-state index in [0.717, 1.165) is 41.5 Å². The summed E-state index contributed by atoms with van der Waals surface area (Å²) in [6.45, 7) is 4.21. The highest BCUT2D eigenvalue weighted by Gasteiger charge is 2.25. The van der Waals surface area contributed by atoms with Gasteiger partial charge in [-0.25, -0.2) is 4.68 Å². The van der Waals surface area contributed by atoms with Crippen molar-refractivity contribution in [2.45, 2.75) is 6.92 Å². The van der Waals surface area contributed by atoms with Gasteiger partial charge < -0.3 is 14.5 Å². The van der Waals surface area contributed by atoms with E-state index in [1.807, 2.05) is 94.5 Å². The van der Waals surface area contributed by atoms with Crippen LogP contribution in [0.4, 0.5) is 5.69 Å². The van der Waals surface area contributed by atoms with Crippen LogP contribution in [-0.4, -0.2) is 59.7 Å². The van der Waals surface area contributed by atoms with E-state index in [1.165, 1.54) is 0 Å². The zero-order valence-electron chi connectivity index (χ0n) is 20.4. The predicted octanol–water partition coefficient (Wildman–Crippen LogP) is 4.71. The normalized spacial score (nSPS) is 13.5. The van der Waals surface area contributed by atoms with Crippen LogP contribution in [0.25, 0.3) is 16.9 Å². The highest BCUT2D eigenvalue weighted by Crippen LogP contribution is 2.27. The maximum absolute atomic E-state index is 13.5. The number of ether oxygens (including phenoxy) is 1. The van der Waals surface area contributed by atoms with E-state index in [2.05, 4.69) is 4.90 Å². The number of Topliss-reactive ketones (excluding diaryl/α,β-unsaturated/α-hetero) is 1. The number of benzene rings is 3. The van der Waals surface area contributed by atoms with E-state index in [-0.39, 0.29) is 11.7 Å². The van der Waals surface area contributed by atoms with E-state index in [9.17, 15) is 9.59 Å². The number of methoxy groups -OCH3 is 1. The average molecular weight is 481 g/mol. The molecule has 0 aliphatic carbocycles. The van der Waals surface area contributed by atoms with Crippen molar-refractivity contribution in [3.63, 3.8) is 0 Å². The molecule has 2 heterocycles. The number of para-hydroxylation sites is 1. The molecule has 182 valence electrons. The fourth-order valence-corrected chi connectivity index (χ4v) is 4.46. The second kappa shape index (κ2) is 10.1. The van der Waals surface area contributed by atoms with E-state index in [1.54, 1.807) is 14.0 Å². The van der Waals surface area contributed by atoms with Crippen molar-refractivity contribution in [1.82, 2.24) is 14.7 Å². The maximum atomic E-state index is 13.5. The van der Waals surface area contributed by atoms with Gasteiger partial charge in [-0.15, -0.1) is 0 Å². The standard InChI is InChI=1S/C29H28N4O3/c1-21(34)22-8-12-24(13-9-22)31-16-18-32(19-17-31)29(35)27-20-28(23-10-14-26(36-2)15-11-23)33(30-27)25-6-4-3-5-7-25/h3-15,20H,16-19H2,1-2H3. The number of carbonyl (C=O) groups excluding carboxylic acids is 2. The molecule has 1 aromatic heterocycles. The van der Waals surface area contributed by atoms with E-state index in [0.29, 0.717) is 24.3 Å². The minimum Gasteiger partial charge on any atom is -0.497 e. The third-order valence-corrected chi connectivity index (χ3v) is 6.52. The molecular formula is C29H28N4O3. The van der Waals surface area contributed by atoms with Gasteiger partial charge in [-0.3, -0.25) is 9.59 Å². The van der Waals surface area contributed by atoms with Crippen molar-refractivity contribution >= 4 is 17.4 Å². The zero-order chi connectivity index (χ0) is 25.1. The molecule has 0 bridgehead atoms. The molecule has 0 spiro atoms. The summed E-state index contributed by atoms with van der Waals surface area (Å²) in [5.74, 6) is 0.751. The van der Waals surface area contributed by atoms with Crippen molar-refractivity contribution in [3.05, 3.63) is 96.2 Å². The maximum Gasteiger partial charge on any atom is 0.274 e. The number of rotatable bonds is 6. The molecular weight excluding hydrogens is 452 g/mol. The smallest absolute Gasteiger partial charge is 0.274 e. The quantitative estimate of drug-likeness (QED) is 0.374. The van der Waals surface area contributed by atoms with Crippen LogP contribution in [-0.2, 0) is 0 Å². The molecule has 7 heteroatoms. The van der Waals surface area contributed by atoms with Crippen molar-refractivity contribution in [1.29, 1.82) is 0 Å². The van der Waals surface area contributed by atoms with Gasteiger partial charge in [0.15, 0.2) is 11.5 Å². The Bertz CT molecular complexity index is 1350. The van der Waals surface area contributed by atoms with Crippen LogP contribution in [0.1, 0.15) is 27.8 Å². The molecule has 0 atom stereocenters. The molecule has 0 saturated carbocycles. The summed E-state index contributed by atoms with van der Waals surface area (Å²) in [5.41, 5.74) is 4.86. The SMILES string of the molecule is COc1ccc(-c2cc(C(=O)N3CCN(c4ccc(C(C)=O)cc4)CC3)nn2-c2ccccc2)cc1. The van der Waals surface area contributed by atoms with Crippen LogP contribution in [0.2, 0.25) is 0 Å². The third kappa shape index (κ3) is 4.73. The number of nitrogens with zero attached hydrogens (tertiary/aromatic N) is 4. The van der Waals surface area contributed by atoms with Gasteiger partial charge in [-0.05, 0) is 73.7 Å². The largest absolute Gasteiger partial charge is 0.497 e.